The molecule has 1 aliphatic rings. The fourth-order valence-electron chi connectivity index (χ4n) is 2.66. The summed E-state index contributed by atoms with van der Waals surface area (Å²) in [5, 5.41) is 9.45. The molecule has 0 bridgehead atoms. The first-order valence-electron chi connectivity index (χ1n) is 8.56. The number of fused-ring (bicyclic) bond motifs is 1. The van der Waals surface area contributed by atoms with Crippen LogP contribution in [0, 0.1) is 0 Å². The maximum Gasteiger partial charge on any atom is 0.433 e. The minimum Gasteiger partial charge on any atom is -0.442 e. The van der Waals surface area contributed by atoms with E-state index < -0.39 is 36.4 Å². The molecule has 9 heteroatoms. The lowest BCUT2D eigenvalue weighted by Gasteiger charge is -2.19. The van der Waals surface area contributed by atoms with E-state index in [9.17, 15) is 18.7 Å². The van der Waals surface area contributed by atoms with Crippen LogP contribution >= 0.6 is 0 Å². The van der Waals surface area contributed by atoms with Gasteiger partial charge in [-0.2, -0.15) is 13.8 Å². The molecule has 1 heterocycles. The highest BCUT2D eigenvalue weighted by Gasteiger charge is 2.34. The Kier molecular flexibility index (Phi) is 6.83. The normalized spacial score (nSPS) is 20.7. The number of halogens is 2. The number of aromatic nitrogens is 1. The number of aliphatic hydroxyl groups is 1. The summed E-state index contributed by atoms with van der Waals surface area (Å²) < 4.78 is 40.0. The van der Waals surface area contributed by atoms with Gasteiger partial charge < -0.3 is 19.3 Å². The number of alkyl halides is 2. The number of aliphatic hydroxyl groups excluding tert-OH is 1. The fourth-order valence-corrected chi connectivity index (χ4v) is 2.66. The molecular weight excluding hydrogens is 362 g/mol. The van der Waals surface area contributed by atoms with Crippen molar-refractivity contribution in [2.45, 2.75) is 64.5 Å². The van der Waals surface area contributed by atoms with E-state index in [1.165, 1.54) is 12.3 Å². The molecular formula is C18H24F2N2O5. The van der Waals surface area contributed by atoms with Crippen LogP contribution in [-0.4, -0.2) is 53.4 Å². The van der Waals surface area contributed by atoms with Crippen molar-refractivity contribution < 1.29 is 32.9 Å². The van der Waals surface area contributed by atoms with Gasteiger partial charge in [-0.25, -0.2) is 9.78 Å². The minimum atomic E-state index is -2.97. The Morgan fingerprint density at radius 3 is 2.74 bits per heavy atom. The van der Waals surface area contributed by atoms with Crippen LogP contribution in [0.5, 0.6) is 5.88 Å². The SMILES string of the molecule is C[C@H](O)CO[C@@H]1Cc2nc(OC(F)F)ccc2C1/C=N\C(=O)OC(C)(C)C. The standard InChI is InChI=1S/C18H24F2N2O5/c1-10(23)9-25-14-7-13-11(5-6-15(22-13)26-16(19)20)12(14)8-21-17(24)27-18(2,3)4/h5-6,8,10,12,14,16,23H,7,9H2,1-4H3/b21-8-/t10-,12?,14+/m0/s1. The largest absolute Gasteiger partial charge is 0.442 e. The summed E-state index contributed by atoms with van der Waals surface area (Å²) in [4.78, 5) is 19.8. The maximum atomic E-state index is 12.4. The molecule has 1 aromatic heterocycles. The average Bonchev–Trinajstić information content (AvgIpc) is 2.85. The zero-order valence-electron chi connectivity index (χ0n) is 15.7. The molecule has 0 spiro atoms. The van der Waals surface area contributed by atoms with Crippen LogP contribution in [0.1, 0.15) is 44.9 Å². The van der Waals surface area contributed by atoms with Gasteiger partial charge in [-0.15, -0.1) is 0 Å². The van der Waals surface area contributed by atoms with Crippen molar-refractivity contribution in [2.75, 3.05) is 6.61 Å². The molecule has 1 unspecified atom stereocenters. The first-order valence-corrected chi connectivity index (χ1v) is 8.56. The summed E-state index contributed by atoms with van der Waals surface area (Å²) in [7, 11) is 0. The molecule has 0 saturated heterocycles. The van der Waals surface area contributed by atoms with Crippen LogP contribution in [0.3, 0.4) is 0 Å². The molecule has 7 nitrogen and oxygen atoms in total. The molecule has 0 radical (unpaired) electrons. The zero-order valence-corrected chi connectivity index (χ0v) is 15.7. The number of pyridine rings is 1. The highest BCUT2D eigenvalue weighted by atomic mass is 19.3. The first kappa shape index (κ1) is 21.2. The number of aliphatic imine (C=N–C) groups is 1. The molecule has 1 amide bonds. The van der Waals surface area contributed by atoms with Gasteiger partial charge >= 0.3 is 12.7 Å². The number of nitrogens with zero attached hydrogens (tertiary/aromatic N) is 2. The highest BCUT2D eigenvalue weighted by Crippen LogP contribution is 2.34. The molecule has 0 saturated carbocycles. The van der Waals surface area contributed by atoms with Gasteiger partial charge in [0.25, 0.3) is 0 Å². The maximum absolute atomic E-state index is 12.4. The summed E-state index contributed by atoms with van der Waals surface area (Å²) in [5.74, 6) is -0.623. The van der Waals surface area contributed by atoms with Gasteiger partial charge in [0, 0.05) is 24.6 Å². The van der Waals surface area contributed by atoms with E-state index in [1.807, 2.05) is 0 Å². The summed E-state index contributed by atoms with van der Waals surface area (Å²) in [6.45, 7) is 3.88. The van der Waals surface area contributed by atoms with Gasteiger partial charge in [0.1, 0.15) is 5.60 Å². The van der Waals surface area contributed by atoms with Gasteiger partial charge in [0.15, 0.2) is 0 Å². The fraction of sp³-hybridized carbons (Fsp3) is 0.611. The summed E-state index contributed by atoms with van der Waals surface area (Å²) in [6.07, 6.45) is -0.149. The lowest BCUT2D eigenvalue weighted by molar-refractivity contribution is -0.0529. The van der Waals surface area contributed by atoms with Gasteiger partial charge in [-0.3, -0.25) is 0 Å². The van der Waals surface area contributed by atoms with E-state index >= 15 is 0 Å². The van der Waals surface area contributed by atoms with Crippen LogP contribution in [0.15, 0.2) is 17.1 Å². The number of carbonyl (C=O) groups is 1. The second kappa shape index (κ2) is 8.71. The molecule has 2 rings (SSSR count). The number of ether oxygens (including phenoxy) is 3. The third kappa shape index (κ3) is 6.51. The molecule has 0 fully saturated rings. The Morgan fingerprint density at radius 2 is 2.15 bits per heavy atom. The second-order valence-electron chi connectivity index (χ2n) is 7.27. The van der Waals surface area contributed by atoms with Crippen LogP contribution < -0.4 is 4.74 Å². The number of carbonyl (C=O) groups excluding carboxylic acids is 1. The average molecular weight is 386 g/mol. The van der Waals surface area contributed by atoms with Crippen LogP contribution in [-0.2, 0) is 15.9 Å². The van der Waals surface area contributed by atoms with Crippen molar-refractivity contribution >= 4 is 12.3 Å². The Morgan fingerprint density at radius 1 is 1.44 bits per heavy atom. The van der Waals surface area contributed by atoms with Gasteiger partial charge in [0.2, 0.25) is 5.88 Å². The molecule has 150 valence electrons. The highest BCUT2D eigenvalue weighted by molar-refractivity contribution is 5.83. The van der Waals surface area contributed by atoms with Gasteiger partial charge in [-0.1, -0.05) is 6.07 Å². The van der Waals surface area contributed by atoms with E-state index in [1.54, 1.807) is 33.8 Å². The Balaban J connectivity index is 2.21. The lowest BCUT2D eigenvalue weighted by atomic mass is 10.0. The molecule has 0 aliphatic heterocycles. The lowest BCUT2D eigenvalue weighted by Crippen LogP contribution is -2.25. The topological polar surface area (TPSA) is 90.2 Å². The summed E-state index contributed by atoms with van der Waals surface area (Å²) in [6, 6.07) is 2.92. The van der Waals surface area contributed by atoms with Crippen LogP contribution in [0.25, 0.3) is 0 Å². The van der Waals surface area contributed by atoms with E-state index in [-0.39, 0.29) is 12.5 Å². The Labute approximate surface area is 156 Å². The van der Waals surface area contributed by atoms with Crippen LogP contribution in [0.2, 0.25) is 0 Å². The summed E-state index contributed by atoms with van der Waals surface area (Å²) >= 11 is 0. The number of hydrogen-bond donors (Lipinski definition) is 1. The molecule has 1 aliphatic carbocycles. The van der Waals surface area contributed by atoms with E-state index in [0.717, 1.165) is 0 Å². The van der Waals surface area contributed by atoms with E-state index in [2.05, 4.69) is 14.7 Å². The third-order valence-electron chi connectivity index (χ3n) is 3.63. The number of amides is 1. The second-order valence-corrected chi connectivity index (χ2v) is 7.27. The van der Waals surface area contributed by atoms with E-state index in [0.29, 0.717) is 17.7 Å². The minimum absolute atomic E-state index is 0.0792. The number of hydrogen-bond acceptors (Lipinski definition) is 6. The Hall–Kier alpha value is -2.13. The first-order chi connectivity index (χ1) is 12.5. The van der Waals surface area contributed by atoms with Gasteiger partial charge in [-0.05, 0) is 33.3 Å². The third-order valence-corrected chi connectivity index (χ3v) is 3.63. The monoisotopic (exact) mass is 386 g/mol. The smallest absolute Gasteiger partial charge is 0.433 e. The van der Waals surface area contributed by atoms with Crippen molar-refractivity contribution in [3.8, 4) is 5.88 Å². The Bertz CT molecular complexity index is 689. The predicted molar refractivity (Wildman–Crippen MR) is 93.5 cm³/mol. The molecule has 27 heavy (non-hydrogen) atoms. The zero-order chi connectivity index (χ0) is 20.2. The van der Waals surface area contributed by atoms with E-state index in [4.69, 9.17) is 9.47 Å². The van der Waals surface area contributed by atoms with Gasteiger partial charge in [0.05, 0.1) is 24.5 Å². The quantitative estimate of drug-likeness (QED) is 0.756. The molecule has 3 atom stereocenters. The predicted octanol–water partition coefficient (Wildman–Crippen LogP) is 3.09. The van der Waals surface area contributed by atoms with Crippen LogP contribution in [0.4, 0.5) is 13.6 Å². The molecule has 1 aromatic rings. The van der Waals surface area contributed by atoms with Crippen molar-refractivity contribution in [1.29, 1.82) is 0 Å². The summed E-state index contributed by atoms with van der Waals surface area (Å²) in [5.41, 5.74) is 0.539. The molecule has 1 N–H and O–H groups in total. The van der Waals surface area contributed by atoms with Crippen molar-refractivity contribution in [3.05, 3.63) is 23.4 Å². The van der Waals surface area contributed by atoms with Crippen molar-refractivity contribution in [2.24, 2.45) is 4.99 Å². The number of rotatable bonds is 6. The van der Waals surface area contributed by atoms with Crippen molar-refractivity contribution in [1.82, 2.24) is 4.98 Å². The van der Waals surface area contributed by atoms with Crippen molar-refractivity contribution in [3.63, 3.8) is 0 Å². The molecule has 0 aromatic carbocycles.